The summed E-state index contributed by atoms with van der Waals surface area (Å²) in [5, 5.41) is 46.4. The third-order valence-corrected chi connectivity index (χ3v) is 10.6. The highest BCUT2D eigenvalue weighted by atomic mass is 35.5. The molecular weight excluding hydrogens is 776 g/mol. The molecule has 0 heterocycles. The second-order valence-electron chi connectivity index (χ2n) is 14.1. The molecule has 0 aliphatic heterocycles. The number of azo groups is 2. The van der Waals surface area contributed by atoms with E-state index in [-0.39, 0.29) is 39.9 Å². The maximum absolute atomic E-state index is 13.9. The Morgan fingerprint density at radius 2 is 1.20 bits per heavy atom. The number of benzene rings is 8. The number of nitrogens with one attached hydrogen (secondary N) is 1. The quantitative estimate of drug-likeness (QED) is 0.0977. The number of phenolic OH excluding ortho intramolecular Hbond substituents is 2. The molecule has 0 atom stereocenters. The molecule has 60 heavy (non-hydrogen) atoms. The van der Waals surface area contributed by atoms with Crippen LogP contribution in [-0.2, 0) is 4.79 Å². The standard InChI is InChI=1S/C48H31ClN6O5/c1-27-9-8-12-30(21-27)50-48(60)39-22-28-10-2-4-13-33(28)43(46(39)58)53-51-31-17-19-35-36-20-18-32(25-38(36)45(57)37(35)24-31)52-54-44-34-14-5-3-11-29(34)23-42(47(44)59)55(26-56)41-16-7-6-15-40(41)49/h2-26,58-59H,1H3,(H,50,60). The van der Waals surface area contributed by atoms with Crippen LogP contribution in [0.4, 0.5) is 39.8 Å². The lowest BCUT2D eigenvalue weighted by Crippen LogP contribution is -2.14. The van der Waals surface area contributed by atoms with E-state index in [1.54, 1.807) is 103 Å². The van der Waals surface area contributed by atoms with Crippen LogP contribution in [-0.4, -0.2) is 28.3 Å². The summed E-state index contributed by atoms with van der Waals surface area (Å²) in [5.74, 6) is -1.37. The zero-order valence-electron chi connectivity index (χ0n) is 31.7. The van der Waals surface area contributed by atoms with Crippen LogP contribution in [0, 0.1) is 6.92 Å². The van der Waals surface area contributed by atoms with Gasteiger partial charge in [0, 0.05) is 27.6 Å². The monoisotopic (exact) mass is 806 g/mol. The first-order valence-corrected chi connectivity index (χ1v) is 19.1. The number of hydrogen-bond donors (Lipinski definition) is 3. The second kappa shape index (κ2) is 15.4. The minimum atomic E-state index is -0.503. The van der Waals surface area contributed by atoms with Crippen LogP contribution in [0.5, 0.6) is 11.5 Å². The minimum absolute atomic E-state index is 0.0350. The van der Waals surface area contributed by atoms with Crippen molar-refractivity contribution in [2.75, 3.05) is 10.2 Å². The van der Waals surface area contributed by atoms with Crippen molar-refractivity contribution in [1.29, 1.82) is 0 Å². The summed E-state index contributed by atoms with van der Waals surface area (Å²) in [6.45, 7) is 1.92. The highest BCUT2D eigenvalue weighted by molar-refractivity contribution is 6.34. The molecule has 0 fully saturated rings. The molecule has 8 aromatic carbocycles. The van der Waals surface area contributed by atoms with Gasteiger partial charge in [0.05, 0.1) is 33.3 Å². The van der Waals surface area contributed by atoms with E-state index in [2.05, 4.69) is 25.8 Å². The summed E-state index contributed by atoms with van der Waals surface area (Å²) in [6, 6.07) is 42.2. The average molecular weight is 807 g/mol. The predicted molar refractivity (Wildman–Crippen MR) is 234 cm³/mol. The molecule has 3 N–H and O–H groups in total. The van der Waals surface area contributed by atoms with Crippen molar-refractivity contribution in [2.45, 2.75) is 6.92 Å². The van der Waals surface area contributed by atoms with Crippen molar-refractivity contribution in [1.82, 2.24) is 0 Å². The number of amides is 2. The fourth-order valence-electron chi connectivity index (χ4n) is 7.39. The SMILES string of the molecule is Cc1cccc(NC(=O)c2cc3ccccc3c(N=Nc3ccc4c(c3)C(=O)c3cc(N=Nc5c(O)c(N(C=O)c6ccccc6Cl)cc6ccccc56)ccc3-4)c2O)c1. The third-order valence-electron chi connectivity index (χ3n) is 10.3. The van der Waals surface area contributed by atoms with E-state index in [9.17, 15) is 24.6 Å². The number of aryl methyl sites for hydroxylation is 1. The molecule has 0 unspecified atom stereocenters. The molecule has 9 rings (SSSR count). The minimum Gasteiger partial charge on any atom is -0.505 e. The lowest BCUT2D eigenvalue weighted by Gasteiger charge is -2.21. The molecule has 1 aliphatic carbocycles. The Kier molecular flexibility index (Phi) is 9.63. The first-order valence-electron chi connectivity index (χ1n) is 18.7. The lowest BCUT2D eigenvalue weighted by molar-refractivity contribution is -0.106. The second-order valence-corrected chi connectivity index (χ2v) is 14.5. The third kappa shape index (κ3) is 6.78. The van der Waals surface area contributed by atoms with Gasteiger partial charge in [-0.3, -0.25) is 19.3 Å². The number of para-hydroxylation sites is 1. The molecule has 12 heteroatoms. The van der Waals surface area contributed by atoms with Gasteiger partial charge in [0.25, 0.3) is 5.91 Å². The normalized spacial score (nSPS) is 12.0. The van der Waals surface area contributed by atoms with E-state index in [4.69, 9.17) is 11.6 Å². The Morgan fingerprint density at radius 3 is 1.82 bits per heavy atom. The summed E-state index contributed by atoms with van der Waals surface area (Å²) in [6.07, 6.45) is 0.570. The van der Waals surface area contributed by atoms with E-state index >= 15 is 0 Å². The number of rotatable bonds is 9. The van der Waals surface area contributed by atoms with Crippen LogP contribution in [0.1, 0.15) is 31.8 Å². The van der Waals surface area contributed by atoms with Crippen LogP contribution in [0.15, 0.2) is 166 Å². The van der Waals surface area contributed by atoms with Gasteiger partial charge in [0.1, 0.15) is 11.4 Å². The lowest BCUT2D eigenvalue weighted by atomic mass is 10.0. The van der Waals surface area contributed by atoms with Gasteiger partial charge in [-0.15, -0.1) is 10.2 Å². The molecule has 0 radical (unpaired) electrons. The molecule has 0 spiro atoms. The van der Waals surface area contributed by atoms with Gasteiger partial charge in [-0.1, -0.05) is 96.5 Å². The zero-order chi connectivity index (χ0) is 41.5. The van der Waals surface area contributed by atoms with Gasteiger partial charge in [-0.05, 0) is 95.1 Å². The number of aromatic hydroxyl groups is 2. The molecule has 11 nitrogen and oxygen atoms in total. The fourth-order valence-corrected chi connectivity index (χ4v) is 7.61. The van der Waals surface area contributed by atoms with E-state index in [0.29, 0.717) is 78.0 Å². The van der Waals surface area contributed by atoms with Crippen molar-refractivity contribution in [2.24, 2.45) is 20.5 Å². The summed E-state index contributed by atoms with van der Waals surface area (Å²) in [4.78, 5) is 40.9. The van der Waals surface area contributed by atoms with Gasteiger partial charge in [0.2, 0.25) is 6.41 Å². The maximum Gasteiger partial charge on any atom is 0.259 e. The Morgan fingerprint density at radius 1 is 0.617 bits per heavy atom. The summed E-state index contributed by atoms with van der Waals surface area (Å²) >= 11 is 6.42. The Balaban J connectivity index is 1.01. The molecule has 1 aliphatic rings. The van der Waals surface area contributed by atoms with Gasteiger partial charge in [-0.25, -0.2) is 0 Å². The molecule has 0 saturated heterocycles. The molecule has 0 saturated carbocycles. The van der Waals surface area contributed by atoms with Crippen molar-refractivity contribution in [3.8, 4) is 22.6 Å². The van der Waals surface area contributed by atoms with Crippen LogP contribution in [0.25, 0.3) is 32.7 Å². The van der Waals surface area contributed by atoms with Crippen LogP contribution < -0.4 is 10.2 Å². The van der Waals surface area contributed by atoms with Crippen molar-refractivity contribution >= 4 is 91.1 Å². The average Bonchev–Trinajstić information content (AvgIpc) is 3.53. The van der Waals surface area contributed by atoms with Crippen molar-refractivity contribution in [3.63, 3.8) is 0 Å². The summed E-state index contributed by atoms with van der Waals surface area (Å²) in [7, 11) is 0. The number of ketones is 1. The van der Waals surface area contributed by atoms with Gasteiger partial charge in [-0.2, -0.15) is 10.2 Å². The number of fused-ring (bicyclic) bond motifs is 5. The number of halogens is 1. The Labute approximate surface area is 347 Å². The zero-order valence-corrected chi connectivity index (χ0v) is 32.4. The van der Waals surface area contributed by atoms with Crippen molar-refractivity contribution < 1.29 is 24.6 Å². The number of anilines is 3. The summed E-state index contributed by atoms with van der Waals surface area (Å²) in [5.41, 5.74) is 5.30. The van der Waals surface area contributed by atoms with Gasteiger partial charge >= 0.3 is 0 Å². The maximum atomic E-state index is 13.9. The number of carbonyl (C=O) groups is 3. The van der Waals surface area contributed by atoms with E-state index < -0.39 is 5.91 Å². The number of carbonyl (C=O) groups excluding carboxylic acids is 3. The Bertz CT molecular complexity index is 3160. The Hall–Kier alpha value is -8.02. The van der Waals surface area contributed by atoms with Gasteiger partial charge < -0.3 is 15.5 Å². The topological polar surface area (TPSA) is 156 Å². The van der Waals surface area contributed by atoms with E-state index in [1.807, 2.05) is 49.4 Å². The number of hydrogen-bond acceptors (Lipinski definition) is 9. The molecule has 0 bridgehead atoms. The van der Waals surface area contributed by atoms with Crippen LogP contribution in [0.2, 0.25) is 5.02 Å². The molecule has 0 aromatic heterocycles. The summed E-state index contributed by atoms with van der Waals surface area (Å²) < 4.78 is 0. The smallest absolute Gasteiger partial charge is 0.259 e. The molecular formula is C48H31ClN6O5. The molecule has 290 valence electrons. The van der Waals surface area contributed by atoms with Crippen molar-refractivity contribution in [3.05, 3.63) is 173 Å². The first kappa shape index (κ1) is 37.6. The van der Waals surface area contributed by atoms with E-state index in [1.165, 1.54) is 4.90 Å². The largest absolute Gasteiger partial charge is 0.505 e. The predicted octanol–water partition coefficient (Wildman–Crippen LogP) is 13.0. The highest BCUT2D eigenvalue weighted by Gasteiger charge is 2.28. The number of nitrogens with zero attached hydrogens (tertiary/aromatic N) is 5. The molecule has 2 amide bonds. The molecule has 8 aromatic rings. The fraction of sp³-hybridized carbons (Fsp3) is 0.0208. The number of phenols is 2. The van der Waals surface area contributed by atoms with E-state index in [0.717, 1.165) is 5.56 Å². The van der Waals surface area contributed by atoms with Crippen LogP contribution in [0.3, 0.4) is 0 Å². The highest BCUT2D eigenvalue weighted by Crippen LogP contribution is 2.47. The first-order chi connectivity index (χ1) is 29.2. The van der Waals surface area contributed by atoms with Gasteiger partial charge in [0.15, 0.2) is 17.3 Å². The van der Waals surface area contributed by atoms with Crippen LogP contribution >= 0.6 is 11.6 Å².